The normalized spacial score (nSPS) is 11.4. The average Bonchev–Trinajstić information content (AvgIpc) is 3.38. The zero-order valence-electron chi connectivity index (χ0n) is 18.2. The molecule has 4 rings (SSSR count). The standard InChI is InChI=1S/C24H21N5O4S/c1-16(19-6-4-5-11-25-19)27-20-10-9-17(12-22(20)29(31)32)24(30)28-21-7-2-3-8-23(21)33-13-18-14-34-15-26-18/h2-12,14-16,27H,13H2,1H3,(H,28,30). The lowest BCUT2D eigenvalue weighted by atomic mass is 10.1. The second-order valence-electron chi connectivity index (χ2n) is 7.33. The molecule has 2 heterocycles. The first-order valence-electron chi connectivity index (χ1n) is 10.4. The lowest BCUT2D eigenvalue weighted by molar-refractivity contribution is -0.384. The van der Waals surface area contributed by atoms with Crippen LogP contribution < -0.4 is 15.4 Å². The van der Waals surface area contributed by atoms with Crippen molar-refractivity contribution < 1.29 is 14.5 Å². The molecule has 2 aromatic carbocycles. The van der Waals surface area contributed by atoms with Crippen LogP contribution in [0.25, 0.3) is 0 Å². The maximum absolute atomic E-state index is 12.9. The predicted molar refractivity (Wildman–Crippen MR) is 130 cm³/mol. The number of amides is 1. The molecule has 0 aliphatic heterocycles. The minimum absolute atomic E-state index is 0.150. The Hall–Kier alpha value is -4.31. The van der Waals surface area contributed by atoms with Crippen molar-refractivity contribution in [1.29, 1.82) is 0 Å². The summed E-state index contributed by atoms with van der Waals surface area (Å²) in [5.74, 6) is -0.0158. The summed E-state index contributed by atoms with van der Waals surface area (Å²) in [6, 6.07) is 16.5. The van der Waals surface area contributed by atoms with Gasteiger partial charge in [-0.3, -0.25) is 19.9 Å². The van der Waals surface area contributed by atoms with Crippen LogP contribution in [-0.2, 0) is 6.61 Å². The van der Waals surface area contributed by atoms with Crippen molar-refractivity contribution in [2.45, 2.75) is 19.6 Å². The molecule has 0 aliphatic carbocycles. The molecule has 4 aromatic rings. The van der Waals surface area contributed by atoms with Crippen LogP contribution >= 0.6 is 11.3 Å². The number of nitrogens with one attached hydrogen (secondary N) is 2. The maximum atomic E-state index is 12.9. The molecule has 0 saturated heterocycles. The molecule has 0 spiro atoms. The monoisotopic (exact) mass is 475 g/mol. The number of hydrogen-bond acceptors (Lipinski definition) is 8. The Kier molecular flexibility index (Phi) is 7.09. The molecule has 0 bridgehead atoms. The van der Waals surface area contributed by atoms with Gasteiger partial charge in [-0.25, -0.2) is 4.98 Å². The molecule has 10 heteroatoms. The summed E-state index contributed by atoms with van der Waals surface area (Å²) in [5.41, 5.74) is 3.94. The van der Waals surface area contributed by atoms with E-state index < -0.39 is 10.8 Å². The van der Waals surface area contributed by atoms with Gasteiger partial charge in [0.25, 0.3) is 11.6 Å². The third-order valence-electron chi connectivity index (χ3n) is 4.95. The number of nitro benzene ring substituents is 1. The summed E-state index contributed by atoms with van der Waals surface area (Å²) in [6.07, 6.45) is 1.66. The number of nitrogens with zero attached hydrogens (tertiary/aromatic N) is 3. The second kappa shape index (κ2) is 10.5. The van der Waals surface area contributed by atoms with Gasteiger partial charge in [0.15, 0.2) is 0 Å². The summed E-state index contributed by atoms with van der Waals surface area (Å²) < 4.78 is 5.79. The Morgan fingerprint density at radius 1 is 1.12 bits per heavy atom. The highest BCUT2D eigenvalue weighted by molar-refractivity contribution is 7.07. The van der Waals surface area contributed by atoms with E-state index in [1.165, 1.54) is 29.5 Å². The van der Waals surface area contributed by atoms with E-state index in [0.29, 0.717) is 17.1 Å². The molecule has 0 fully saturated rings. The molecule has 1 atom stereocenters. The maximum Gasteiger partial charge on any atom is 0.293 e. The number of rotatable bonds is 9. The van der Waals surface area contributed by atoms with Gasteiger partial charge in [0.1, 0.15) is 18.0 Å². The van der Waals surface area contributed by atoms with Crippen molar-refractivity contribution in [1.82, 2.24) is 9.97 Å². The van der Waals surface area contributed by atoms with Crippen LogP contribution in [0.5, 0.6) is 5.75 Å². The largest absolute Gasteiger partial charge is 0.485 e. The van der Waals surface area contributed by atoms with Crippen LogP contribution in [0.4, 0.5) is 17.1 Å². The summed E-state index contributed by atoms with van der Waals surface area (Å²) in [4.78, 5) is 32.5. The van der Waals surface area contributed by atoms with Gasteiger partial charge in [0.05, 0.1) is 33.6 Å². The quantitative estimate of drug-likeness (QED) is 0.244. The Morgan fingerprint density at radius 2 is 1.94 bits per heavy atom. The van der Waals surface area contributed by atoms with Gasteiger partial charge in [-0.1, -0.05) is 18.2 Å². The molecule has 34 heavy (non-hydrogen) atoms. The molecule has 1 unspecified atom stereocenters. The van der Waals surface area contributed by atoms with Crippen molar-refractivity contribution in [2.24, 2.45) is 0 Å². The number of pyridine rings is 1. The van der Waals surface area contributed by atoms with E-state index in [2.05, 4.69) is 20.6 Å². The van der Waals surface area contributed by atoms with Crippen molar-refractivity contribution >= 4 is 34.3 Å². The molecule has 0 radical (unpaired) electrons. The van der Waals surface area contributed by atoms with Gasteiger partial charge >= 0.3 is 0 Å². The fourth-order valence-corrected chi connectivity index (χ4v) is 3.78. The minimum Gasteiger partial charge on any atom is -0.485 e. The third kappa shape index (κ3) is 5.54. The van der Waals surface area contributed by atoms with Crippen LogP contribution in [-0.4, -0.2) is 20.8 Å². The van der Waals surface area contributed by atoms with Crippen molar-refractivity contribution in [2.75, 3.05) is 10.6 Å². The molecular weight excluding hydrogens is 454 g/mol. The summed E-state index contributed by atoms with van der Waals surface area (Å²) in [5, 5.41) is 19.5. The number of nitro groups is 1. The van der Waals surface area contributed by atoms with Gasteiger partial charge in [-0.15, -0.1) is 11.3 Å². The van der Waals surface area contributed by atoms with E-state index in [0.717, 1.165) is 11.4 Å². The van der Waals surface area contributed by atoms with Gasteiger partial charge in [-0.05, 0) is 43.3 Å². The number of ether oxygens (including phenoxy) is 1. The molecule has 0 saturated carbocycles. The van der Waals surface area contributed by atoms with E-state index in [9.17, 15) is 14.9 Å². The predicted octanol–water partition coefficient (Wildman–Crippen LogP) is 5.45. The van der Waals surface area contributed by atoms with Gasteiger partial charge < -0.3 is 15.4 Å². The number of para-hydroxylation sites is 2. The summed E-state index contributed by atoms with van der Waals surface area (Å²) in [7, 11) is 0. The van der Waals surface area contributed by atoms with Crippen molar-refractivity contribution in [3.63, 3.8) is 0 Å². The Morgan fingerprint density at radius 3 is 2.68 bits per heavy atom. The summed E-state index contributed by atoms with van der Waals surface area (Å²) in [6.45, 7) is 2.12. The number of anilines is 2. The number of hydrogen-bond donors (Lipinski definition) is 2. The zero-order chi connectivity index (χ0) is 23.9. The SMILES string of the molecule is CC(Nc1ccc(C(=O)Nc2ccccc2OCc2cscn2)cc1[N+](=O)[O-])c1ccccn1. The van der Waals surface area contributed by atoms with Crippen LogP contribution in [0.15, 0.2) is 77.8 Å². The molecule has 2 N–H and O–H groups in total. The molecule has 0 aliphatic rings. The average molecular weight is 476 g/mol. The Bertz CT molecular complexity index is 1280. The Balaban J connectivity index is 1.50. The van der Waals surface area contributed by atoms with Crippen molar-refractivity contribution in [3.05, 3.63) is 105 Å². The minimum atomic E-state index is -0.519. The number of benzene rings is 2. The molecule has 1 amide bonds. The molecule has 172 valence electrons. The lowest BCUT2D eigenvalue weighted by Crippen LogP contribution is -2.14. The smallest absolute Gasteiger partial charge is 0.293 e. The van der Waals surface area contributed by atoms with E-state index in [1.807, 2.05) is 24.4 Å². The number of aromatic nitrogens is 2. The zero-order valence-corrected chi connectivity index (χ0v) is 19.0. The first kappa shape index (κ1) is 22.9. The fourth-order valence-electron chi connectivity index (χ4n) is 3.24. The van der Waals surface area contributed by atoms with E-state index in [1.54, 1.807) is 42.0 Å². The van der Waals surface area contributed by atoms with Gasteiger partial charge in [0, 0.05) is 23.2 Å². The number of carbonyl (C=O) groups excluding carboxylic acids is 1. The lowest BCUT2D eigenvalue weighted by Gasteiger charge is -2.15. The van der Waals surface area contributed by atoms with Crippen LogP contribution in [0.1, 0.15) is 34.7 Å². The highest BCUT2D eigenvalue weighted by Gasteiger charge is 2.20. The van der Waals surface area contributed by atoms with E-state index in [4.69, 9.17) is 4.74 Å². The third-order valence-corrected chi connectivity index (χ3v) is 5.59. The Labute approximate surface area is 199 Å². The first-order valence-corrected chi connectivity index (χ1v) is 11.3. The molecular formula is C24H21N5O4S. The van der Waals surface area contributed by atoms with Crippen LogP contribution in [0.3, 0.4) is 0 Å². The number of thiazole rings is 1. The second-order valence-corrected chi connectivity index (χ2v) is 8.05. The summed E-state index contributed by atoms with van der Waals surface area (Å²) >= 11 is 1.47. The molecule has 9 nitrogen and oxygen atoms in total. The topological polar surface area (TPSA) is 119 Å². The highest BCUT2D eigenvalue weighted by atomic mass is 32.1. The van der Waals surface area contributed by atoms with Crippen LogP contribution in [0, 0.1) is 10.1 Å². The number of carbonyl (C=O) groups is 1. The van der Waals surface area contributed by atoms with Gasteiger partial charge in [-0.2, -0.15) is 0 Å². The fraction of sp³-hybridized carbons (Fsp3) is 0.125. The molecule has 2 aromatic heterocycles. The van der Waals surface area contributed by atoms with E-state index in [-0.39, 0.29) is 23.9 Å². The van der Waals surface area contributed by atoms with Gasteiger partial charge in [0.2, 0.25) is 0 Å². The van der Waals surface area contributed by atoms with Crippen molar-refractivity contribution in [3.8, 4) is 5.75 Å². The van der Waals surface area contributed by atoms with E-state index >= 15 is 0 Å². The first-order chi connectivity index (χ1) is 16.5. The van der Waals surface area contributed by atoms with Crippen LogP contribution in [0.2, 0.25) is 0 Å². The highest BCUT2D eigenvalue weighted by Crippen LogP contribution is 2.30.